The van der Waals surface area contributed by atoms with E-state index >= 15 is 0 Å². The summed E-state index contributed by atoms with van der Waals surface area (Å²) in [6.45, 7) is 15.6. The van der Waals surface area contributed by atoms with E-state index < -0.39 is 0 Å². The summed E-state index contributed by atoms with van der Waals surface area (Å²) in [5, 5.41) is 0. The first-order valence-corrected chi connectivity index (χ1v) is 6.59. The van der Waals surface area contributed by atoms with Crippen LogP contribution in [0, 0.1) is 23.7 Å². The van der Waals surface area contributed by atoms with E-state index in [-0.39, 0.29) is 0 Å². The molecule has 0 bridgehead atoms. The van der Waals surface area contributed by atoms with Gasteiger partial charge < -0.3 is 0 Å². The third kappa shape index (κ3) is 7.64. The first kappa shape index (κ1) is 14.7. The molecule has 0 saturated carbocycles. The summed E-state index contributed by atoms with van der Waals surface area (Å²) in [6.07, 6.45) is 7.50. The highest BCUT2D eigenvalue weighted by atomic mass is 14.2. The summed E-state index contributed by atoms with van der Waals surface area (Å²) in [6, 6.07) is 0. The van der Waals surface area contributed by atoms with E-state index in [9.17, 15) is 0 Å². The average Bonchev–Trinajstić information content (AvgIpc) is 2.21. The zero-order valence-electron chi connectivity index (χ0n) is 11.4. The third-order valence-electron chi connectivity index (χ3n) is 3.65. The van der Waals surface area contributed by atoms with Crippen LogP contribution in [0.1, 0.15) is 60.3 Å². The molecule has 0 heterocycles. The molecular formula is C15H30. The second-order valence-corrected chi connectivity index (χ2v) is 5.72. The standard InChI is InChI=1S/C15H30/c1-7-13(4)9-11-15(6)14(5)10-8-12(2)3/h7,12-15H,1,8-11H2,2-6H3. The number of hydrogen-bond acceptors (Lipinski definition) is 0. The molecule has 3 unspecified atom stereocenters. The van der Waals surface area contributed by atoms with Gasteiger partial charge in [0.1, 0.15) is 0 Å². The summed E-state index contributed by atoms with van der Waals surface area (Å²) < 4.78 is 0. The fourth-order valence-corrected chi connectivity index (χ4v) is 1.81. The van der Waals surface area contributed by atoms with E-state index in [4.69, 9.17) is 0 Å². The van der Waals surface area contributed by atoms with Crippen molar-refractivity contribution in [1.82, 2.24) is 0 Å². The molecule has 0 saturated heterocycles. The van der Waals surface area contributed by atoms with E-state index in [0.29, 0.717) is 5.92 Å². The number of hydrogen-bond donors (Lipinski definition) is 0. The van der Waals surface area contributed by atoms with Crippen LogP contribution in [0.2, 0.25) is 0 Å². The molecule has 0 spiro atoms. The molecule has 0 rings (SSSR count). The molecule has 0 radical (unpaired) electrons. The van der Waals surface area contributed by atoms with Crippen LogP contribution in [0.25, 0.3) is 0 Å². The molecule has 0 nitrogen and oxygen atoms in total. The van der Waals surface area contributed by atoms with Gasteiger partial charge in [-0.05, 0) is 36.5 Å². The maximum Gasteiger partial charge on any atom is -0.0265 e. The van der Waals surface area contributed by atoms with Gasteiger partial charge in [-0.1, -0.05) is 53.5 Å². The molecule has 0 aliphatic heterocycles. The van der Waals surface area contributed by atoms with E-state index in [0.717, 1.165) is 17.8 Å². The van der Waals surface area contributed by atoms with Crippen LogP contribution in [0.3, 0.4) is 0 Å². The van der Waals surface area contributed by atoms with E-state index in [1.54, 1.807) is 0 Å². The summed E-state index contributed by atoms with van der Waals surface area (Å²) in [7, 11) is 0. The Morgan fingerprint density at radius 2 is 1.27 bits per heavy atom. The van der Waals surface area contributed by atoms with Gasteiger partial charge in [-0.25, -0.2) is 0 Å². The van der Waals surface area contributed by atoms with Crippen molar-refractivity contribution in [3.8, 4) is 0 Å². The lowest BCUT2D eigenvalue weighted by atomic mass is 9.85. The Morgan fingerprint density at radius 3 is 1.67 bits per heavy atom. The van der Waals surface area contributed by atoms with Crippen molar-refractivity contribution >= 4 is 0 Å². The first-order chi connectivity index (χ1) is 6.97. The molecule has 0 heteroatoms. The van der Waals surface area contributed by atoms with Crippen LogP contribution in [-0.2, 0) is 0 Å². The van der Waals surface area contributed by atoms with Crippen molar-refractivity contribution < 1.29 is 0 Å². The van der Waals surface area contributed by atoms with Gasteiger partial charge in [-0.3, -0.25) is 0 Å². The highest BCUT2D eigenvalue weighted by Gasteiger charge is 2.13. The highest BCUT2D eigenvalue weighted by Crippen LogP contribution is 2.25. The molecular weight excluding hydrogens is 180 g/mol. The minimum absolute atomic E-state index is 0.685. The molecule has 3 atom stereocenters. The number of rotatable bonds is 8. The van der Waals surface area contributed by atoms with Crippen molar-refractivity contribution in [2.75, 3.05) is 0 Å². The van der Waals surface area contributed by atoms with Crippen molar-refractivity contribution in [2.24, 2.45) is 23.7 Å². The van der Waals surface area contributed by atoms with E-state index in [2.05, 4.69) is 47.3 Å². The van der Waals surface area contributed by atoms with E-state index in [1.165, 1.54) is 25.7 Å². The quantitative estimate of drug-likeness (QED) is 0.477. The molecule has 0 aromatic heterocycles. The van der Waals surface area contributed by atoms with E-state index in [1.807, 2.05) is 0 Å². The molecule has 0 fully saturated rings. The zero-order valence-corrected chi connectivity index (χ0v) is 11.4. The molecule has 0 aliphatic rings. The normalized spacial score (nSPS) is 17.5. The van der Waals surface area contributed by atoms with Gasteiger partial charge in [0.05, 0.1) is 0 Å². The van der Waals surface area contributed by atoms with Crippen LogP contribution < -0.4 is 0 Å². The van der Waals surface area contributed by atoms with Gasteiger partial charge >= 0.3 is 0 Å². The smallest absolute Gasteiger partial charge is 0.0265 e. The lowest BCUT2D eigenvalue weighted by molar-refractivity contribution is 0.307. The zero-order chi connectivity index (χ0) is 11.8. The highest BCUT2D eigenvalue weighted by molar-refractivity contribution is 4.76. The van der Waals surface area contributed by atoms with Gasteiger partial charge in [0.25, 0.3) is 0 Å². The van der Waals surface area contributed by atoms with Crippen LogP contribution in [-0.4, -0.2) is 0 Å². The number of allylic oxidation sites excluding steroid dienone is 1. The maximum atomic E-state index is 3.84. The lowest BCUT2D eigenvalue weighted by Gasteiger charge is -2.21. The first-order valence-electron chi connectivity index (χ1n) is 6.59. The fraction of sp³-hybridized carbons (Fsp3) is 0.867. The second kappa shape index (κ2) is 7.96. The van der Waals surface area contributed by atoms with Crippen LogP contribution in [0.5, 0.6) is 0 Å². The second-order valence-electron chi connectivity index (χ2n) is 5.72. The van der Waals surface area contributed by atoms with Crippen molar-refractivity contribution in [3.63, 3.8) is 0 Å². The van der Waals surface area contributed by atoms with Gasteiger partial charge in [-0.2, -0.15) is 0 Å². The Balaban J connectivity index is 3.68. The Bertz CT molecular complexity index is 157. The molecule has 0 amide bonds. The Kier molecular flexibility index (Phi) is 7.82. The summed E-state index contributed by atoms with van der Waals surface area (Å²) >= 11 is 0. The minimum atomic E-state index is 0.685. The lowest BCUT2D eigenvalue weighted by Crippen LogP contribution is -2.10. The van der Waals surface area contributed by atoms with Gasteiger partial charge in [0, 0.05) is 0 Å². The fourth-order valence-electron chi connectivity index (χ4n) is 1.81. The summed E-state index contributed by atoms with van der Waals surface area (Å²) in [5.41, 5.74) is 0. The van der Waals surface area contributed by atoms with Gasteiger partial charge in [0.2, 0.25) is 0 Å². The molecule has 90 valence electrons. The topological polar surface area (TPSA) is 0 Å². The predicted molar refractivity (Wildman–Crippen MR) is 71.0 cm³/mol. The molecule has 0 aromatic rings. The molecule has 0 aromatic carbocycles. The van der Waals surface area contributed by atoms with Gasteiger partial charge in [0.15, 0.2) is 0 Å². The predicted octanol–water partition coefficient (Wildman–Crippen LogP) is 5.30. The van der Waals surface area contributed by atoms with Crippen LogP contribution in [0.4, 0.5) is 0 Å². The summed E-state index contributed by atoms with van der Waals surface area (Å²) in [4.78, 5) is 0. The third-order valence-corrected chi connectivity index (χ3v) is 3.65. The average molecular weight is 210 g/mol. The van der Waals surface area contributed by atoms with Crippen LogP contribution >= 0.6 is 0 Å². The molecule has 0 aliphatic carbocycles. The SMILES string of the molecule is C=CC(C)CCC(C)C(C)CCC(C)C. The molecule has 15 heavy (non-hydrogen) atoms. The molecule has 0 N–H and O–H groups in total. The van der Waals surface area contributed by atoms with Crippen LogP contribution in [0.15, 0.2) is 12.7 Å². The van der Waals surface area contributed by atoms with Crippen molar-refractivity contribution in [3.05, 3.63) is 12.7 Å². The Hall–Kier alpha value is -0.260. The maximum absolute atomic E-state index is 3.84. The van der Waals surface area contributed by atoms with Crippen molar-refractivity contribution in [2.45, 2.75) is 60.3 Å². The monoisotopic (exact) mass is 210 g/mol. The Morgan fingerprint density at radius 1 is 0.800 bits per heavy atom. The van der Waals surface area contributed by atoms with Gasteiger partial charge in [-0.15, -0.1) is 6.58 Å². The Labute approximate surface area is 97.2 Å². The largest absolute Gasteiger partial charge is 0.103 e. The van der Waals surface area contributed by atoms with Crippen molar-refractivity contribution in [1.29, 1.82) is 0 Å². The summed E-state index contributed by atoms with van der Waals surface area (Å²) in [5.74, 6) is 3.28. The minimum Gasteiger partial charge on any atom is -0.103 e.